The molecule has 2 aliphatic rings. The Labute approximate surface area is 156 Å². The van der Waals surface area contributed by atoms with Gasteiger partial charge in [0.05, 0.1) is 13.2 Å². The van der Waals surface area contributed by atoms with Crippen molar-refractivity contribution in [1.82, 2.24) is 14.7 Å². The molecular weight excluding hydrogens is 346 g/mol. The van der Waals surface area contributed by atoms with Gasteiger partial charge < -0.3 is 19.8 Å². The summed E-state index contributed by atoms with van der Waals surface area (Å²) in [6.07, 6.45) is 0. The summed E-state index contributed by atoms with van der Waals surface area (Å²) >= 11 is 0. The van der Waals surface area contributed by atoms with Crippen LogP contribution in [0.3, 0.4) is 0 Å². The number of aliphatic hydroxyl groups excluding tert-OH is 1. The molecule has 0 unspecified atom stereocenters. The van der Waals surface area contributed by atoms with E-state index >= 15 is 0 Å². The molecule has 1 N–H and O–H groups in total. The Morgan fingerprint density at radius 1 is 1.07 bits per heavy atom. The van der Waals surface area contributed by atoms with Crippen molar-refractivity contribution in [2.24, 2.45) is 0 Å². The van der Waals surface area contributed by atoms with Gasteiger partial charge in [-0.15, -0.1) is 0 Å². The van der Waals surface area contributed by atoms with Crippen molar-refractivity contribution >= 4 is 28.5 Å². The van der Waals surface area contributed by atoms with Gasteiger partial charge in [-0.3, -0.25) is 14.4 Å². The van der Waals surface area contributed by atoms with Crippen molar-refractivity contribution in [3.05, 3.63) is 48.0 Å². The fourth-order valence-corrected chi connectivity index (χ4v) is 3.89. The maximum Gasteiger partial charge on any atom is 0.254 e. The van der Waals surface area contributed by atoms with Crippen LogP contribution in [-0.4, -0.2) is 82.9 Å². The van der Waals surface area contributed by atoms with Gasteiger partial charge in [0.1, 0.15) is 12.1 Å². The van der Waals surface area contributed by atoms with Crippen molar-refractivity contribution in [2.75, 3.05) is 33.3 Å². The van der Waals surface area contributed by atoms with E-state index in [4.69, 9.17) is 0 Å². The standard InChI is InChI=1S/C20H21N3O4/c1-21-17(12-24)20(27)23-9-8-22(11-16(23)19(21)26)18(25)15-7-6-13-4-2-3-5-14(13)10-15/h2-7,10,16-17,24H,8-9,11-12H2,1H3/t16-,17+/m1/s1. The minimum Gasteiger partial charge on any atom is -0.394 e. The highest BCUT2D eigenvalue weighted by Gasteiger charge is 2.47. The minimum atomic E-state index is -0.837. The Hall–Kier alpha value is -2.93. The van der Waals surface area contributed by atoms with Gasteiger partial charge in [0.25, 0.3) is 5.91 Å². The predicted octanol–water partition coefficient (Wildman–Crippen LogP) is 0.326. The number of carbonyl (C=O) groups is 3. The van der Waals surface area contributed by atoms with Gasteiger partial charge in [-0.2, -0.15) is 0 Å². The number of amides is 3. The molecule has 7 nitrogen and oxygen atoms in total. The molecule has 27 heavy (non-hydrogen) atoms. The summed E-state index contributed by atoms with van der Waals surface area (Å²) in [5, 5.41) is 11.5. The maximum absolute atomic E-state index is 13.0. The van der Waals surface area contributed by atoms with E-state index in [9.17, 15) is 19.5 Å². The molecule has 7 heteroatoms. The summed E-state index contributed by atoms with van der Waals surface area (Å²) in [5.74, 6) is -0.653. The first kappa shape index (κ1) is 17.5. The molecular formula is C20H21N3O4. The van der Waals surface area contributed by atoms with Crippen LogP contribution in [0.25, 0.3) is 10.8 Å². The third kappa shape index (κ3) is 2.84. The smallest absolute Gasteiger partial charge is 0.254 e. The largest absolute Gasteiger partial charge is 0.394 e. The van der Waals surface area contributed by atoms with E-state index in [0.717, 1.165) is 10.8 Å². The Morgan fingerprint density at radius 3 is 2.56 bits per heavy atom. The second-order valence-corrected chi connectivity index (χ2v) is 7.01. The molecule has 2 fully saturated rings. The minimum absolute atomic E-state index is 0.146. The highest BCUT2D eigenvalue weighted by atomic mass is 16.3. The Balaban J connectivity index is 1.57. The van der Waals surface area contributed by atoms with Crippen molar-refractivity contribution in [1.29, 1.82) is 0 Å². The summed E-state index contributed by atoms with van der Waals surface area (Å²) in [7, 11) is 1.52. The van der Waals surface area contributed by atoms with Gasteiger partial charge in [-0.05, 0) is 22.9 Å². The average molecular weight is 367 g/mol. The van der Waals surface area contributed by atoms with Crippen LogP contribution in [-0.2, 0) is 9.59 Å². The number of hydrogen-bond acceptors (Lipinski definition) is 4. The van der Waals surface area contributed by atoms with Gasteiger partial charge in [0.2, 0.25) is 11.8 Å². The molecule has 2 aromatic rings. The number of carbonyl (C=O) groups excluding carboxylic acids is 3. The second kappa shape index (κ2) is 6.66. The predicted molar refractivity (Wildman–Crippen MR) is 99.0 cm³/mol. The summed E-state index contributed by atoms with van der Waals surface area (Å²) < 4.78 is 0. The Kier molecular flexibility index (Phi) is 4.31. The summed E-state index contributed by atoms with van der Waals surface area (Å²) in [6, 6.07) is 11.8. The normalized spacial score (nSPS) is 23.0. The van der Waals surface area contributed by atoms with Gasteiger partial charge in [0.15, 0.2) is 0 Å². The zero-order valence-corrected chi connectivity index (χ0v) is 15.0. The van der Waals surface area contributed by atoms with Gasteiger partial charge in [-0.25, -0.2) is 0 Å². The Bertz CT molecular complexity index is 928. The van der Waals surface area contributed by atoms with Gasteiger partial charge >= 0.3 is 0 Å². The molecule has 0 spiro atoms. The molecule has 3 amide bonds. The van der Waals surface area contributed by atoms with Crippen molar-refractivity contribution in [3.63, 3.8) is 0 Å². The van der Waals surface area contributed by atoms with Crippen LogP contribution in [0.2, 0.25) is 0 Å². The molecule has 0 saturated carbocycles. The van der Waals surface area contributed by atoms with Crippen LogP contribution in [0.5, 0.6) is 0 Å². The molecule has 4 rings (SSSR count). The van der Waals surface area contributed by atoms with E-state index in [1.165, 1.54) is 16.8 Å². The monoisotopic (exact) mass is 367 g/mol. The van der Waals surface area contributed by atoms with Crippen LogP contribution < -0.4 is 0 Å². The molecule has 2 atom stereocenters. The quantitative estimate of drug-likeness (QED) is 0.829. The number of benzene rings is 2. The van der Waals surface area contributed by atoms with Crippen LogP contribution in [0.1, 0.15) is 10.4 Å². The van der Waals surface area contributed by atoms with E-state index in [1.54, 1.807) is 11.0 Å². The lowest BCUT2D eigenvalue weighted by Gasteiger charge is -2.47. The first-order chi connectivity index (χ1) is 13.0. The molecule has 2 aromatic carbocycles. The molecule has 2 aliphatic heterocycles. The molecule has 0 aliphatic carbocycles. The van der Waals surface area contributed by atoms with Crippen molar-refractivity contribution in [2.45, 2.75) is 12.1 Å². The number of fused-ring (bicyclic) bond motifs is 2. The maximum atomic E-state index is 13.0. The van der Waals surface area contributed by atoms with Crippen LogP contribution >= 0.6 is 0 Å². The van der Waals surface area contributed by atoms with E-state index in [-0.39, 0.29) is 24.3 Å². The average Bonchev–Trinajstić information content (AvgIpc) is 2.71. The zero-order chi connectivity index (χ0) is 19.1. The lowest BCUT2D eigenvalue weighted by atomic mass is 10.0. The molecule has 140 valence electrons. The third-order valence-electron chi connectivity index (χ3n) is 5.51. The second-order valence-electron chi connectivity index (χ2n) is 7.01. The Morgan fingerprint density at radius 2 is 1.81 bits per heavy atom. The van der Waals surface area contributed by atoms with Crippen molar-refractivity contribution in [3.8, 4) is 0 Å². The van der Waals surface area contributed by atoms with Crippen molar-refractivity contribution < 1.29 is 19.5 Å². The first-order valence-electron chi connectivity index (χ1n) is 8.97. The van der Waals surface area contributed by atoms with E-state index < -0.39 is 18.7 Å². The van der Waals surface area contributed by atoms with Gasteiger partial charge in [-0.1, -0.05) is 30.3 Å². The molecule has 2 saturated heterocycles. The highest BCUT2D eigenvalue weighted by molar-refractivity contribution is 6.01. The SMILES string of the molecule is CN1C(=O)[C@H]2CN(C(=O)c3ccc4ccccc4c3)CCN2C(=O)[C@@H]1CO. The summed E-state index contributed by atoms with van der Waals surface area (Å²) in [6.45, 7) is 0.421. The van der Waals surface area contributed by atoms with Crippen LogP contribution in [0.4, 0.5) is 0 Å². The summed E-state index contributed by atoms with van der Waals surface area (Å²) in [5.41, 5.74) is 0.568. The fraction of sp³-hybridized carbons (Fsp3) is 0.350. The number of rotatable bonds is 2. The van der Waals surface area contributed by atoms with Crippen LogP contribution in [0, 0.1) is 0 Å². The molecule has 2 heterocycles. The van der Waals surface area contributed by atoms with E-state index in [0.29, 0.717) is 18.7 Å². The number of piperazine rings is 2. The van der Waals surface area contributed by atoms with Crippen LogP contribution in [0.15, 0.2) is 42.5 Å². The zero-order valence-electron chi connectivity index (χ0n) is 15.0. The highest BCUT2D eigenvalue weighted by Crippen LogP contribution is 2.23. The van der Waals surface area contributed by atoms with E-state index in [1.807, 2.05) is 36.4 Å². The fourth-order valence-electron chi connectivity index (χ4n) is 3.89. The lowest BCUT2D eigenvalue weighted by molar-refractivity contribution is -0.164. The lowest BCUT2D eigenvalue weighted by Crippen LogP contribution is -2.70. The first-order valence-corrected chi connectivity index (χ1v) is 8.97. The van der Waals surface area contributed by atoms with E-state index in [2.05, 4.69) is 0 Å². The third-order valence-corrected chi connectivity index (χ3v) is 5.51. The number of likely N-dealkylation sites (N-methyl/N-ethyl adjacent to an activating group) is 1. The summed E-state index contributed by atoms with van der Waals surface area (Å²) in [4.78, 5) is 42.5. The number of nitrogens with zero attached hydrogens (tertiary/aromatic N) is 3. The topological polar surface area (TPSA) is 81.2 Å². The molecule has 0 aromatic heterocycles. The van der Waals surface area contributed by atoms with Gasteiger partial charge in [0, 0.05) is 25.7 Å². The molecule has 0 radical (unpaired) electrons. The number of aliphatic hydroxyl groups is 1. The number of hydrogen-bond donors (Lipinski definition) is 1. The molecule has 0 bridgehead atoms.